The lowest BCUT2D eigenvalue weighted by Crippen LogP contribution is -2.50. The summed E-state index contributed by atoms with van der Waals surface area (Å²) in [5, 5.41) is 12.8. The second kappa shape index (κ2) is 9.66. The van der Waals surface area contributed by atoms with E-state index in [0.29, 0.717) is 16.9 Å². The van der Waals surface area contributed by atoms with Crippen LogP contribution >= 0.6 is 0 Å². The van der Waals surface area contributed by atoms with E-state index in [4.69, 9.17) is 4.74 Å². The molecule has 1 aromatic heterocycles. The Balaban J connectivity index is 1.44. The van der Waals surface area contributed by atoms with Crippen molar-refractivity contribution >= 4 is 23.8 Å². The van der Waals surface area contributed by atoms with E-state index in [1.165, 1.54) is 15.9 Å². The van der Waals surface area contributed by atoms with E-state index in [9.17, 15) is 23.9 Å². The number of carbonyl (C=O) groups is 3. The van der Waals surface area contributed by atoms with Crippen LogP contribution in [0.25, 0.3) is 0 Å². The van der Waals surface area contributed by atoms with Gasteiger partial charge in [-0.15, -0.1) is 0 Å². The molecule has 3 heterocycles. The quantitative estimate of drug-likeness (QED) is 0.668. The zero-order chi connectivity index (χ0) is 24.4. The van der Waals surface area contributed by atoms with Crippen molar-refractivity contribution in [1.29, 1.82) is 0 Å². The molecule has 1 aromatic carbocycles. The number of hydrogen-bond acceptors (Lipinski definition) is 6. The van der Waals surface area contributed by atoms with Crippen LogP contribution in [0.15, 0.2) is 42.6 Å². The summed E-state index contributed by atoms with van der Waals surface area (Å²) >= 11 is 0. The Kier molecular flexibility index (Phi) is 6.67. The zero-order valence-electron chi connectivity index (χ0n) is 19.0. The van der Waals surface area contributed by atoms with Crippen molar-refractivity contribution in [2.75, 3.05) is 11.9 Å². The van der Waals surface area contributed by atoms with Crippen molar-refractivity contribution in [3.8, 4) is 0 Å². The Morgan fingerprint density at radius 3 is 2.62 bits per heavy atom. The summed E-state index contributed by atoms with van der Waals surface area (Å²) < 4.78 is 19.6. The molecule has 2 N–H and O–H groups in total. The number of rotatable bonds is 6. The minimum atomic E-state index is -1.16. The van der Waals surface area contributed by atoms with Gasteiger partial charge in [0.25, 0.3) is 0 Å². The largest absolute Gasteiger partial charge is 0.480 e. The van der Waals surface area contributed by atoms with Crippen LogP contribution in [0.3, 0.4) is 0 Å². The molecule has 0 saturated carbocycles. The Morgan fingerprint density at radius 1 is 1.18 bits per heavy atom. The zero-order valence-corrected chi connectivity index (χ0v) is 19.0. The first-order valence-corrected chi connectivity index (χ1v) is 11.2. The number of ether oxygens (including phenoxy) is 1. The van der Waals surface area contributed by atoms with Crippen LogP contribution in [-0.2, 0) is 27.4 Å². The number of carbonyl (C=O) groups excluding carboxylic acids is 2. The lowest BCUT2D eigenvalue weighted by Gasteiger charge is -2.29. The molecule has 0 aliphatic carbocycles. The average molecular weight is 471 g/mol. The number of benzene rings is 1. The highest BCUT2D eigenvalue weighted by atomic mass is 19.1. The number of fused-ring (bicyclic) bond motifs is 1. The van der Waals surface area contributed by atoms with Gasteiger partial charge in [0.2, 0.25) is 5.91 Å². The lowest BCUT2D eigenvalue weighted by atomic mass is 10.0. The van der Waals surface area contributed by atoms with Gasteiger partial charge in [-0.3, -0.25) is 9.69 Å². The molecule has 3 atom stereocenters. The molecule has 9 nitrogen and oxygen atoms in total. The molecule has 2 aliphatic rings. The predicted molar refractivity (Wildman–Crippen MR) is 120 cm³/mol. The molecule has 0 spiro atoms. The SMILES string of the molecule is CC(C)[C@H](Nc1ccccn1)C(=O)N1C[C@H](OC(=O)N2Cc3cccc(F)c3C2)C[C@H]1C(=O)O. The first-order chi connectivity index (χ1) is 16.2. The Bertz CT molecular complexity index is 1080. The van der Waals surface area contributed by atoms with E-state index in [2.05, 4.69) is 10.3 Å². The standard InChI is InChI=1S/C24H27FN4O5/c1-14(2)21(27-20-8-3-4-9-26-20)22(30)29-12-16(10-19(29)23(31)32)34-24(33)28-11-15-6-5-7-18(25)17(15)13-28/h3-9,14,16,19,21H,10-13H2,1-2H3,(H,26,27)(H,31,32)/t16-,19+,21+/m1/s1. The third kappa shape index (κ3) is 4.80. The van der Waals surface area contributed by atoms with Crippen LogP contribution in [0.4, 0.5) is 15.0 Å². The number of likely N-dealkylation sites (tertiary alicyclic amines) is 1. The third-order valence-electron chi connectivity index (χ3n) is 6.18. The Hall–Kier alpha value is -3.69. The summed E-state index contributed by atoms with van der Waals surface area (Å²) in [5.74, 6) is -1.59. The van der Waals surface area contributed by atoms with Crippen molar-refractivity contribution in [3.63, 3.8) is 0 Å². The molecule has 180 valence electrons. The van der Waals surface area contributed by atoms with Crippen LogP contribution < -0.4 is 5.32 Å². The fourth-order valence-electron chi connectivity index (χ4n) is 4.39. The monoisotopic (exact) mass is 470 g/mol. The molecule has 2 aromatic rings. The number of carboxylic acids is 1. The molecule has 2 amide bonds. The maximum Gasteiger partial charge on any atom is 0.410 e. The van der Waals surface area contributed by atoms with Gasteiger partial charge in [-0.1, -0.05) is 32.0 Å². The van der Waals surface area contributed by atoms with E-state index >= 15 is 0 Å². The molecule has 1 fully saturated rings. The third-order valence-corrected chi connectivity index (χ3v) is 6.18. The van der Waals surface area contributed by atoms with Crippen molar-refractivity contribution in [3.05, 3.63) is 59.5 Å². The maximum atomic E-state index is 14.0. The van der Waals surface area contributed by atoms with Gasteiger partial charge < -0.3 is 20.1 Å². The first-order valence-electron chi connectivity index (χ1n) is 11.2. The second-order valence-electron chi connectivity index (χ2n) is 8.90. The number of nitrogens with zero attached hydrogens (tertiary/aromatic N) is 3. The van der Waals surface area contributed by atoms with E-state index in [1.807, 2.05) is 13.8 Å². The van der Waals surface area contributed by atoms with Crippen LogP contribution in [-0.4, -0.2) is 62.6 Å². The molecular weight excluding hydrogens is 443 g/mol. The average Bonchev–Trinajstić information content (AvgIpc) is 3.43. The number of carboxylic acid groups (broad SMARTS) is 1. The Labute approximate surface area is 196 Å². The predicted octanol–water partition coefficient (Wildman–Crippen LogP) is 2.86. The highest BCUT2D eigenvalue weighted by molar-refractivity contribution is 5.89. The van der Waals surface area contributed by atoms with E-state index in [1.54, 1.807) is 36.5 Å². The topological polar surface area (TPSA) is 112 Å². The first kappa shape index (κ1) is 23.5. The van der Waals surface area contributed by atoms with Gasteiger partial charge in [0.15, 0.2) is 0 Å². The molecule has 2 aliphatic heterocycles. The number of hydrogen-bond donors (Lipinski definition) is 2. The van der Waals surface area contributed by atoms with Gasteiger partial charge in [0.05, 0.1) is 13.1 Å². The number of pyridine rings is 1. The van der Waals surface area contributed by atoms with E-state index < -0.39 is 36.2 Å². The van der Waals surface area contributed by atoms with Gasteiger partial charge >= 0.3 is 12.1 Å². The number of anilines is 1. The fourth-order valence-corrected chi connectivity index (χ4v) is 4.39. The van der Waals surface area contributed by atoms with Crippen LogP contribution in [0.5, 0.6) is 0 Å². The number of aliphatic carboxylic acids is 1. The molecule has 10 heteroatoms. The summed E-state index contributed by atoms with van der Waals surface area (Å²) in [4.78, 5) is 44.8. The fraction of sp³-hybridized carbons (Fsp3) is 0.417. The molecule has 4 rings (SSSR count). The number of aromatic nitrogens is 1. The molecule has 0 radical (unpaired) electrons. The summed E-state index contributed by atoms with van der Waals surface area (Å²) in [6.45, 7) is 3.97. The van der Waals surface area contributed by atoms with Gasteiger partial charge in [0.1, 0.15) is 29.8 Å². The number of halogens is 1. The van der Waals surface area contributed by atoms with Crippen LogP contribution in [0.2, 0.25) is 0 Å². The minimum absolute atomic E-state index is 0.0175. The highest BCUT2D eigenvalue weighted by Crippen LogP contribution is 2.28. The maximum absolute atomic E-state index is 14.0. The molecule has 0 bridgehead atoms. The highest BCUT2D eigenvalue weighted by Gasteiger charge is 2.44. The smallest absolute Gasteiger partial charge is 0.410 e. The lowest BCUT2D eigenvalue weighted by molar-refractivity contribution is -0.148. The minimum Gasteiger partial charge on any atom is -0.480 e. The molecule has 34 heavy (non-hydrogen) atoms. The molecular formula is C24H27FN4O5. The molecule has 0 unspecified atom stereocenters. The van der Waals surface area contributed by atoms with Crippen molar-refractivity contribution < 1.29 is 28.6 Å². The number of amides is 2. The summed E-state index contributed by atoms with van der Waals surface area (Å²) in [6, 6.07) is 8.12. The van der Waals surface area contributed by atoms with E-state index in [0.717, 1.165) is 0 Å². The number of nitrogens with one attached hydrogen (secondary N) is 1. The van der Waals surface area contributed by atoms with Crippen molar-refractivity contribution in [1.82, 2.24) is 14.8 Å². The van der Waals surface area contributed by atoms with Crippen molar-refractivity contribution in [2.24, 2.45) is 5.92 Å². The van der Waals surface area contributed by atoms with Gasteiger partial charge in [-0.25, -0.2) is 19.0 Å². The summed E-state index contributed by atoms with van der Waals surface area (Å²) in [5.41, 5.74) is 1.16. The van der Waals surface area contributed by atoms with Crippen molar-refractivity contribution in [2.45, 2.75) is 51.5 Å². The van der Waals surface area contributed by atoms with Crippen LogP contribution in [0, 0.1) is 11.7 Å². The van der Waals surface area contributed by atoms with Gasteiger partial charge in [-0.05, 0) is 29.7 Å². The van der Waals surface area contributed by atoms with E-state index in [-0.39, 0.29) is 37.8 Å². The molecule has 1 saturated heterocycles. The van der Waals surface area contributed by atoms with Gasteiger partial charge in [-0.2, -0.15) is 0 Å². The summed E-state index contributed by atoms with van der Waals surface area (Å²) in [6.07, 6.45) is 0.133. The van der Waals surface area contributed by atoms with Gasteiger partial charge in [0, 0.05) is 24.7 Å². The van der Waals surface area contributed by atoms with Crippen LogP contribution in [0.1, 0.15) is 31.4 Å². The normalized spacial score (nSPS) is 20.2. The second-order valence-corrected chi connectivity index (χ2v) is 8.90. The summed E-state index contributed by atoms with van der Waals surface area (Å²) in [7, 11) is 0. The Morgan fingerprint density at radius 2 is 1.97 bits per heavy atom.